The summed E-state index contributed by atoms with van der Waals surface area (Å²) in [7, 11) is 0. The Morgan fingerprint density at radius 2 is 1.76 bits per heavy atom. The summed E-state index contributed by atoms with van der Waals surface area (Å²) in [5.74, 6) is -1.40. The molecule has 1 fully saturated rings. The molecule has 0 amide bonds. The number of nitrogens with zero attached hydrogens (tertiary/aromatic N) is 1. The van der Waals surface area contributed by atoms with Gasteiger partial charge in [0.25, 0.3) is 6.43 Å². The van der Waals surface area contributed by atoms with E-state index in [1.165, 1.54) is 6.07 Å². The number of phenols is 1. The van der Waals surface area contributed by atoms with Gasteiger partial charge in [0.05, 0.1) is 0 Å². The molecule has 4 N–H and O–H groups in total. The lowest BCUT2D eigenvalue weighted by Crippen LogP contribution is -2.46. The quantitative estimate of drug-likeness (QED) is 0.579. The SMILES string of the molecule is Cl.Cl.Nc1c(F)ccc([C@H](C(F)F)N2CCNCC2)c1O. The first-order valence-corrected chi connectivity index (χ1v) is 6.02. The predicted molar refractivity (Wildman–Crippen MR) is 80.2 cm³/mol. The fourth-order valence-corrected chi connectivity index (χ4v) is 2.29. The van der Waals surface area contributed by atoms with Gasteiger partial charge in [-0.2, -0.15) is 0 Å². The average molecular weight is 348 g/mol. The summed E-state index contributed by atoms with van der Waals surface area (Å²) in [6, 6.07) is 0.895. The highest BCUT2D eigenvalue weighted by Crippen LogP contribution is 2.37. The van der Waals surface area contributed by atoms with Crippen molar-refractivity contribution in [2.24, 2.45) is 0 Å². The van der Waals surface area contributed by atoms with E-state index in [0.717, 1.165) is 6.07 Å². The van der Waals surface area contributed by atoms with Crippen LogP contribution < -0.4 is 11.1 Å². The molecule has 1 aromatic rings. The third kappa shape index (κ3) is 4.29. The zero-order chi connectivity index (χ0) is 14.0. The van der Waals surface area contributed by atoms with Crippen LogP contribution in [0, 0.1) is 5.82 Å². The number of nitrogen functional groups attached to an aromatic ring is 1. The molecule has 0 aliphatic carbocycles. The smallest absolute Gasteiger partial charge is 0.258 e. The molecule has 0 aromatic heterocycles. The zero-order valence-electron chi connectivity index (χ0n) is 11.1. The number of piperazine rings is 1. The second-order valence-corrected chi connectivity index (χ2v) is 4.46. The number of nitrogens with two attached hydrogens (primary N) is 1. The molecule has 0 saturated carbocycles. The Morgan fingerprint density at radius 1 is 1.19 bits per heavy atom. The van der Waals surface area contributed by atoms with Crippen LogP contribution in [0.4, 0.5) is 18.9 Å². The van der Waals surface area contributed by atoms with Crippen LogP contribution in [-0.2, 0) is 0 Å². The Morgan fingerprint density at radius 3 is 2.29 bits per heavy atom. The maximum Gasteiger partial charge on any atom is 0.258 e. The Balaban J connectivity index is 0.00000200. The molecule has 21 heavy (non-hydrogen) atoms. The van der Waals surface area contributed by atoms with Crippen molar-refractivity contribution in [2.45, 2.75) is 12.5 Å². The first kappa shape index (κ1) is 20.1. The maximum absolute atomic E-state index is 13.3. The van der Waals surface area contributed by atoms with Crippen LogP contribution in [-0.4, -0.2) is 42.6 Å². The van der Waals surface area contributed by atoms with Crippen molar-refractivity contribution in [3.8, 4) is 5.75 Å². The van der Waals surface area contributed by atoms with E-state index in [-0.39, 0.29) is 30.4 Å². The van der Waals surface area contributed by atoms with Crippen LogP contribution in [0.5, 0.6) is 5.75 Å². The third-order valence-electron chi connectivity index (χ3n) is 3.30. The maximum atomic E-state index is 13.3. The Hall–Kier alpha value is -0.890. The molecule has 4 nitrogen and oxygen atoms in total. The molecule has 0 radical (unpaired) electrons. The predicted octanol–water partition coefficient (Wildman–Crippen LogP) is 2.17. The topological polar surface area (TPSA) is 61.5 Å². The van der Waals surface area contributed by atoms with Gasteiger partial charge < -0.3 is 16.2 Å². The van der Waals surface area contributed by atoms with E-state index in [1.54, 1.807) is 4.90 Å². The van der Waals surface area contributed by atoms with Crippen LogP contribution in [0.3, 0.4) is 0 Å². The van der Waals surface area contributed by atoms with Crippen LogP contribution in [0.15, 0.2) is 12.1 Å². The summed E-state index contributed by atoms with van der Waals surface area (Å²) < 4.78 is 39.7. The summed E-state index contributed by atoms with van der Waals surface area (Å²) in [4.78, 5) is 1.56. The highest BCUT2D eigenvalue weighted by Gasteiger charge is 2.32. The number of nitrogens with one attached hydrogen (secondary N) is 1. The highest BCUT2D eigenvalue weighted by molar-refractivity contribution is 5.85. The van der Waals surface area contributed by atoms with Crippen molar-refractivity contribution in [2.75, 3.05) is 31.9 Å². The van der Waals surface area contributed by atoms with E-state index in [0.29, 0.717) is 26.2 Å². The zero-order valence-corrected chi connectivity index (χ0v) is 12.7. The number of alkyl halides is 2. The van der Waals surface area contributed by atoms with E-state index in [1.807, 2.05) is 0 Å². The lowest BCUT2D eigenvalue weighted by Gasteiger charge is -2.35. The number of anilines is 1. The molecular formula is C12H18Cl2F3N3O. The van der Waals surface area contributed by atoms with Crippen molar-refractivity contribution in [1.29, 1.82) is 0 Å². The number of aromatic hydroxyl groups is 1. The van der Waals surface area contributed by atoms with Gasteiger partial charge in [-0.1, -0.05) is 6.07 Å². The van der Waals surface area contributed by atoms with E-state index in [4.69, 9.17) is 5.73 Å². The van der Waals surface area contributed by atoms with Crippen molar-refractivity contribution < 1.29 is 18.3 Å². The second-order valence-electron chi connectivity index (χ2n) is 4.46. The molecule has 0 spiro atoms. The van der Waals surface area contributed by atoms with Crippen LogP contribution in [0.25, 0.3) is 0 Å². The molecule has 9 heteroatoms. The molecule has 2 rings (SSSR count). The monoisotopic (exact) mass is 347 g/mol. The minimum absolute atomic E-state index is 0. The highest BCUT2D eigenvalue weighted by atomic mass is 35.5. The number of halogens is 5. The van der Waals surface area contributed by atoms with E-state index >= 15 is 0 Å². The summed E-state index contributed by atoms with van der Waals surface area (Å²) >= 11 is 0. The molecule has 0 unspecified atom stereocenters. The number of rotatable bonds is 3. The molecule has 1 saturated heterocycles. The second kappa shape index (κ2) is 8.53. The van der Waals surface area contributed by atoms with Crippen LogP contribution >= 0.6 is 24.8 Å². The Kier molecular flexibility index (Phi) is 8.17. The van der Waals surface area contributed by atoms with Gasteiger partial charge in [0.2, 0.25) is 0 Å². The number of hydrogen-bond donors (Lipinski definition) is 3. The number of phenolic OH excluding ortho intramolecular Hbond substituents is 1. The molecule has 1 aromatic carbocycles. The minimum Gasteiger partial charge on any atom is -0.505 e. The summed E-state index contributed by atoms with van der Waals surface area (Å²) in [5, 5.41) is 12.8. The molecular weight excluding hydrogens is 330 g/mol. The third-order valence-corrected chi connectivity index (χ3v) is 3.30. The van der Waals surface area contributed by atoms with Gasteiger partial charge in [0, 0.05) is 31.7 Å². The van der Waals surface area contributed by atoms with Crippen LogP contribution in [0.1, 0.15) is 11.6 Å². The Bertz CT molecular complexity index is 460. The molecule has 1 heterocycles. The van der Waals surface area contributed by atoms with Crippen molar-refractivity contribution in [1.82, 2.24) is 10.2 Å². The van der Waals surface area contributed by atoms with Gasteiger partial charge in [0.1, 0.15) is 23.3 Å². The Labute approximate surface area is 133 Å². The molecule has 1 aliphatic heterocycles. The van der Waals surface area contributed by atoms with Crippen molar-refractivity contribution in [3.63, 3.8) is 0 Å². The van der Waals surface area contributed by atoms with Gasteiger partial charge in [-0.15, -0.1) is 24.8 Å². The first-order chi connectivity index (χ1) is 9.02. The van der Waals surface area contributed by atoms with E-state index < -0.39 is 29.7 Å². The van der Waals surface area contributed by atoms with Crippen molar-refractivity contribution >= 4 is 30.5 Å². The number of benzene rings is 1. The summed E-state index contributed by atoms with van der Waals surface area (Å²) in [6.07, 6.45) is -2.69. The van der Waals surface area contributed by atoms with Gasteiger partial charge in [0.15, 0.2) is 0 Å². The molecule has 122 valence electrons. The largest absolute Gasteiger partial charge is 0.505 e. The van der Waals surface area contributed by atoms with Crippen LogP contribution in [0.2, 0.25) is 0 Å². The van der Waals surface area contributed by atoms with Gasteiger partial charge in [-0.05, 0) is 6.07 Å². The first-order valence-electron chi connectivity index (χ1n) is 6.02. The standard InChI is InChI=1S/C12H16F3N3O.2ClH/c13-8-2-1-7(11(19)9(8)16)10(12(14)15)18-5-3-17-4-6-18;;/h1-2,10,12,17,19H,3-6,16H2;2*1H/t10-;;/m1../s1. The summed E-state index contributed by atoms with van der Waals surface area (Å²) in [6.45, 7) is 2.07. The van der Waals surface area contributed by atoms with Gasteiger partial charge >= 0.3 is 0 Å². The molecule has 1 aliphatic rings. The fourth-order valence-electron chi connectivity index (χ4n) is 2.29. The average Bonchev–Trinajstić information content (AvgIpc) is 2.40. The fraction of sp³-hybridized carbons (Fsp3) is 0.500. The minimum atomic E-state index is -2.69. The lowest BCUT2D eigenvalue weighted by atomic mass is 10.0. The van der Waals surface area contributed by atoms with E-state index in [9.17, 15) is 18.3 Å². The van der Waals surface area contributed by atoms with E-state index in [2.05, 4.69) is 5.32 Å². The molecule has 1 atom stereocenters. The lowest BCUT2D eigenvalue weighted by molar-refractivity contribution is 0.0170. The van der Waals surface area contributed by atoms with Gasteiger partial charge in [-0.3, -0.25) is 4.90 Å². The van der Waals surface area contributed by atoms with Crippen molar-refractivity contribution in [3.05, 3.63) is 23.5 Å². The van der Waals surface area contributed by atoms with Gasteiger partial charge in [-0.25, -0.2) is 13.2 Å². The summed E-state index contributed by atoms with van der Waals surface area (Å²) in [5.41, 5.74) is 4.83. The number of hydrogen-bond acceptors (Lipinski definition) is 4. The normalized spacial score (nSPS) is 17.0. The molecule has 0 bridgehead atoms.